The maximum absolute atomic E-state index is 13.4. The van der Waals surface area contributed by atoms with Gasteiger partial charge in [0.1, 0.15) is 5.82 Å². The highest BCUT2D eigenvalue weighted by Crippen LogP contribution is 2.16. The predicted molar refractivity (Wildman–Crippen MR) is 61.3 cm³/mol. The van der Waals surface area contributed by atoms with Gasteiger partial charge in [-0.05, 0) is 29.7 Å². The fraction of sp³-hybridized carbons (Fsp3) is 0.154. The second-order valence-electron chi connectivity index (χ2n) is 3.69. The van der Waals surface area contributed by atoms with Crippen LogP contribution in [0.15, 0.2) is 48.8 Å². The monoisotopic (exact) mass is 216 g/mol. The van der Waals surface area contributed by atoms with Crippen LogP contribution in [0.3, 0.4) is 0 Å². The summed E-state index contributed by atoms with van der Waals surface area (Å²) in [5.74, 6) is -0.207. The molecule has 0 radical (unpaired) electrons. The van der Waals surface area contributed by atoms with Gasteiger partial charge in [-0.3, -0.25) is 4.98 Å². The Morgan fingerprint density at radius 3 is 2.69 bits per heavy atom. The van der Waals surface area contributed by atoms with Crippen LogP contribution in [-0.2, 0) is 6.42 Å². The molecule has 3 heteroatoms. The molecule has 1 aromatic heterocycles. The van der Waals surface area contributed by atoms with Crippen LogP contribution in [-0.4, -0.2) is 4.98 Å². The fourth-order valence-electron chi connectivity index (χ4n) is 1.61. The van der Waals surface area contributed by atoms with Crippen LogP contribution < -0.4 is 5.73 Å². The van der Waals surface area contributed by atoms with Crippen molar-refractivity contribution in [1.82, 2.24) is 4.98 Å². The Hall–Kier alpha value is -1.74. The number of benzene rings is 1. The van der Waals surface area contributed by atoms with E-state index >= 15 is 0 Å². The molecule has 1 heterocycles. The number of halogens is 1. The lowest BCUT2D eigenvalue weighted by Crippen LogP contribution is -2.14. The smallest absolute Gasteiger partial charge is 0.126 e. The van der Waals surface area contributed by atoms with E-state index in [2.05, 4.69) is 4.98 Å². The molecular formula is C13H13FN2. The summed E-state index contributed by atoms with van der Waals surface area (Å²) in [6.45, 7) is 0. The van der Waals surface area contributed by atoms with E-state index in [9.17, 15) is 4.39 Å². The van der Waals surface area contributed by atoms with Gasteiger partial charge in [0.2, 0.25) is 0 Å². The van der Waals surface area contributed by atoms with Gasteiger partial charge in [0.15, 0.2) is 0 Å². The van der Waals surface area contributed by atoms with Crippen LogP contribution in [0.4, 0.5) is 4.39 Å². The Balaban J connectivity index is 2.14. The van der Waals surface area contributed by atoms with E-state index in [1.165, 1.54) is 6.07 Å². The quantitative estimate of drug-likeness (QED) is 0.856. The van der Waals surface area contributed by atoms with Crippen molar-refractivity contribution in [3.63, 3.8) is 0 Å². The summed E-state index contributed by atoms with van der Waals surface area (Å²) in [6, 6.07) is 10.2. The predicted octanol–water partition coefficient (Wildman–Crippen LogP) is 2.46. The molecule has 0 aliphatic carbocycles. The Labute approximate surface area is 93.9 Å². The molecule has 0 aliphatic rings. The number of rotatable bonds is 3. The first-order valence-corrected chi connectivity index (χ1v) is 5.16. The molecule has 0 saturated heterocycles. The Kier molecular flexibility index (Phi) is 3.27. The van der Waals surface area contributed by atoms with Gasteiger partial charge in [-0.2, -0.15) is 0 Å². The van der Waals surface area contributed by atoms with Crippen LogP contribution in [0.5, 0.6) is 0 Å². The number of pyridine rings is 1. The summed E-state index contributed by atoms with van der Waals surface area (Å²) in [5.41, 5.74) is 7.55. The average Bonchev–Trinajstić information content (AvgIpc) is 2.33. The van der Waals surface area contributed by atoms with E-state index in [0.29, 0.717) is 12.0 Å². The zero-order chi connectivity index (χ0) is 11.4. The Morgan fingerprint density at radius 2 is 2.00 bits per heavy atom. The fourth-order valence-corrected chi connectivity index (χ4v) is 1.61. The summed E-state index contributed by atoms with van der Waals surface area (Å²) in [4.78, 5) is 4.00. The molecule has 0 spiro atoms. The molecule has 1 atom stereocenters. The van der Waals surface area contributed by atoms with E-state index in [-0.39, 0.29) is 11.9 Å². The molecule has 82 valence electrons. The van der Waals surface area contributed by atoms with Crippen molar-refractivity contribution in [2.75, 3.05) is 0 Å². The van der Waals surface area contributed by atoms with Crippen molar-refractivity contribution in [1.29, 1.82) is 0 Å². The lowest BCUT2D eigenvalue weighted by molar-refractivity contribution is 0.593. The van der Waals surface area contributed by atoms with E-state index in [0.717, 1.165) is 5.56 Å². The molecule has 16 heavy (non-hydrogen) atoms. The Bertz CT molecular complexity index is 456. The van der Waals surface area contributed by atoms with Crippen molar-refractivity contribution in [2.45, 2.75) is 12.5 Å². The number of nitrogens with two attached hydrogens (primary N) is 1. The van der Waals surface area contributed by atoms with E-state index in [4.69, 9.17) is 5.73 Å². The highest BCUT2D eigenvalue weighted by Gasteiger charge is 2.09. The summed E-state index contributed by atoms with van der Waals surface area (Å²) < 4.78 is 13.4. The molecule has 1 unspecified atom stereocenters. The third-order valence-corrected chi connectivity index (χ3v) is 2.51. The zero-order valence-electron chi connectivity index (χ0n) is 8.81. The van der Waals surface area contributed by atoms with Gasteiger partial charge in [-0.15, -0.1) is 0 Å². The van der Waals surface area contributed by atoms with Crippen LogP contribution >= 0.6 is 0 Å². The van der Waals surface area contributed by atoms with Gasteiger partial charge in [-0.1, -0.05) is 24.3 Å². The number of aromatic nitrogens is 1. The maximum Gasteiger partial charge on any atom is 0.126 e. The van der Waals surface area contributed by atoms with Gasteiger partial charge in [0.05, 0.1) is 0 Å². The minimum Gasteiger partial charge on any atom is -0.324 e. The van der Waals surface area contributed by atoms with E-state index in [1.807, 2.05) is 18.2 Å². The lowest BCUT2D eigenvalue weighted by atomic mass is 10.0. The first-order chi connectivity index (χ1) is 7.77. The molecule has 0 fully saturated rings. The first-order valence-electron chi connectivity index (χ1n) is 5.16. The third kappa shape index (κ3) is 2.44. The second-order valence-corrected chi connectivity index (χ2v) is 3.69. The Morgan fingerprint density at radius 1 is 1.19 bits per heavy atom. The molecule has 1 aromatic carbocycles. The molecule has 2 aromatic rings. The number of nitrogens with zero attached hydrogens (tertiary/aromatic N) is 1. The SMILES string of the molecule is NC(Cc1ccccc1F)c1cccnc1. The maximum atomic E-state index is 13.4. The van der Waals surface area contributed by atoms with Crippen LogP contribution in [0.1, 0.15) is 17.2 Å². The molecule has 0 bridgehead atoms. The normalized spacial score (nSPS) is 12.4. The van der Waals surface area contributed by atoms with Gasteiger partial charge >= 0.3 is 0 Å². The number of hydrogen-bond donors (Lipinski definition) is 1. The van der Waals surface area contributed by atoms with Crippen molar-refractivity contribution in [3.8, 4) is 0 Å². The first kappa shape index (κ1) is 10.8. The van der Waals surface area contributed by atoms with Crippen molar-refractivity contribution in [3.05, 3.63) is 65.7 Å². The van der Waals surface area contributed by atoms with Gasteiger partial charge < -0.3 is 5.73 Å². The molecule has 2 nitrogen and oxygen atoms in total. The highest BCUT2D eigenvalue weighted by atomic mass is 19.1. The number of hydrogen-bond acceptors (Lipinski definition) is 2. The summed E-state index contributed by atoms with van der Waals surface area (Å²) in [7, 11) is 0. The van der Waals surface area contributed by atoms with E-state index < -0.39 is 0 Å². The van der Waals surface area contributed by atoms with Crippen LogP contribution in [0.2, 0.25) is 0 Å². The lowest BCUT2D eigenvalue weighted by Gasteiger charge is -2.11. The minimum atomic E-state index is -0.217. The van der Waals surface area contributed by atoms with Gasteiger partial charge in [0, 0.05) is 18.4 Å². The average molecular weight is 216 g/mol. The van der Waals surface area contributed by atoms with Gasteiger partial charge in [0.25, 0.3) is 0 Å². The van der Waals surface area contributed by atoms with Crippen molar-refractivity contribution in [2.24, 2.45) is 5.73 Å². The highest BCUT2D eigenvalue weighted by molar-refractivity contribution is 5.22. The second kappa shape index (κ2) is 4.86. The summed E-state index contributed by atoms with van der Waals surface area (Å²) in [5, 5.41) is 0. The van der Waals surface area contributed by atoms with Crippen LogP contribution in [0, 0.1) is 5.82 Å². The van der Waals surface area contributed by atoms with Crippen molar-refractivity contribution >= 4 is 0 Å². The molecule has 0 saturated carbocycles. The largest absolute Gasteiger partial charge is 0.324 e. The standard InChI is InChI=1S/C13H13FN2/c14-12-6-2-1-4-10(12)8-13(15)11-5-3-7-16-9-11/h1-7,9,13H,8,15H2. The molecule has 2 N–H and O–H groups in total. The topological polar surface area (TPSA) is 38.9 Å². The molecule has 2 rings (SSSR count). The molecule has 0 amide bonds. The van der Waals surface area contributed by atoms with Crippen LogP contribution in [0.25, 0.3) is 0 Å². The van der Waals surface area contributed by atoms with Crippen molar-refractivity contribution < 1.29 is 4.39 Å². The molecule has 0 aliphatic heterocycles. The van der Waals surface area contributed by atoms with Gasteiger partial charge in [-0.25, -0.2) is 4.39 Å². The van der Waals surface area contributed by atoms with E-state index in [1.54, 1.807) is 24.5 Å². The zero-order valence-corrected chi connectivity index (χ0v) is 8.81. The third-order valence-electron chi connectivity index (χ3n) is 2.51. The molecular weight excluding hydrogens is 203 g/mol. The summed E-state index contributed by atoms with van der Waals surface area (Å²) in [6.07, 6.45) is 3.89. The summed E-state index contributed by atoms with van der Waals surface area (Å²) >= 11 is 0. The minimum absolute atomic E-state index is 0.207.